The van der Waals surface area contributed by atoms with Crippen molar-refractivity contribution in [1.29, 1.82) is 0 Å². The van der Waals surface area contributed by atoms with Gasteiger partial charge in [-0.1, -0.05) is 12.2 Å². The van der Waals surface area contributed by atoms with Crippen molar-refractivity contribution in [3.8, 4) is 0 Å². The normalized spacial score (nSPS) is 27.2. The third kappa shape index (κ3) is 2.79. The van der Waals surface area contributed by atoms with Crippen molar-refractivity contribution >= 4 is 0 Å². The number of hydrogen-bond donors (Lipinski definition) is 1. The van der Waals surface area contributed by atoms with Gasteiger partial charge >= 0.3 is 0 Å². The molecule has 1 saturated heterocycles. The maximum absolute atomic E-state index is 5.70. The van der Waals surface area contributed by atoms with Gasteiger partial charge in [0.2, 0.25) is 0 Å². The quantitative estimate of drug-likeness (QED) is 0.646. The topological polar surface area (TPSA) is 24.5 Å². The highest BCUT2D eigenvalue weighted by Gasteiger charge is 2.25. The van der Waals surface area contributed by atoms with E-state index in [1.54, 1.807) is 0 Å². The van der Waals surface area contributed by atoms with Crippen molar-refractivity contribution in [3.63, 3.8) is 0 Å². The van der Waals surface area contributed by atoms with Gasteiger partial charge < -0.3 is 15.0 Å². The first kappa shape index (κ1) is 10.7. The van der Waals surface area contributed by atoms with Crippen LogP contribution in [-0.4, -0.2) is 50.8 Å². The molecule has 0 aromatic carbocycles. The number of morpholine rings is 1. The second-order valence-electron chi connectivity index (χ2n) is 3.78. The number of rotatable bonds is 3. The van der Waals surface area contributed by atoms with Gasteiger partial charge in [-0.2, -0.15) is 0 Å². The average molecular weight is 184 g/mol. The molecule has 1 fully saturated rings. The van der Waals surface area contributed by atoms with Crippen molar-refractivity contribution in [2.45, 2.75) is 19.1 Å². The van der Waals surface area contributed by atoms with E-state index in [4.69, 9.17) is 4.74 Å². The Bertz CT molecular complexity index is 182. The smallest absolute Gasteiger partial charge is 0.0893 e. The van der Waals surface area contributed by atoms with Crippen molar-refractivity contribution in [1.82, 2.24) is 10.2 Å². The van der Waals surface area contributed by atoms with E-state index < -0.39 is 0 Å². The molecular weight excluding hydrogens is 164 g/mol. The minimum absolute atomic E-state index is 0.251. The highest BCUT2D eigenvalue weighted by Crippen LogP contribution is 2.12. The van der Waals surface area contributed by atoms with E-state index in [0.717, 1.165) is 25.3 Å². The average Bonchev–Trinajstić information content (AvgIpc) is 2.04. The van der Waals surface area contributed by atoms with Crippen LogP contribution in [0.4, 0.5) is 0 Å². The van der Waals surface area contributed by atoms with Gasteiger partial charge in [-0.05, 0) is 21.0 Å². The lowest BCUT2D eigenvalue weighted by Crippen LogP contribution is -2.50. The Labute approximate surface area is 80.8 Å². The van der Waals surface area contributed by atoms with Crippen LogP contribution in [0.25, 0.3) is 0 Å². The van der Waals surface area contributed by atoms with Crippen LogP contribution in [0.5, 0.6) is 0 Å². The fourth-order valence-electron chi connectivity index (χ4n) is 1.76. The second-order valence-corrected chi connectivity index (χ2v) is 3.78. The largest absolute Gasteiger partial charge is 0.374 e. The molecule has 0 radical (unpaired) electrons. The summed E-state index contributed by atoms with van der Waals surface area (Å²) in [6, 6.07) is 0.280. The molecule has 1 heterocycles. The highest BCUT2D eigenvalue weighted by atomic mass is 16.5. The van der Waals surface area contributed by atoms with Crippen LogP contribution in [0.2, 0.25) is 0 Å². The minimum atomic E-state index is 0.251. The van der Waals surface area contributed by atoms with Crippen molar-refractivity contribution < 1.29 is 4.74 Å². The van der Waals surface area contributed by atoms with Crippen LogP contribution in [0, 0.1) is 0 Å². The van der Waals surface area contributed by atoms with E-state index in [9.17, 15) is 0 Å². The van der Waals surface area contributed by atoms with E-state index >= 15 is 0 Å². The standard InChI is InChI=1S/C10H20N2O/c1-8(2)10(11-3)9-7-12(4)5-6-13-9/h9-11H,1,5-7H2,2-4H3. The van der Waals surface area contributed by atoms with E-state index in [2.05, 4.69) is 23.8 Å². The molecule has 0 spiro atoms. The number of nitrogens with one attached hydrogen (secondary N) is 1. The van der Waals surface area contributed by atoms with Gasteiger partial charge in [-0.25, -0.2) is 0 Å². The molecular formula is C10H20N2O. The molecule has 3 heteroatoms. The SMILES string of the molecule is C=C(C)C(NC)C1CN(C)CCO1. The Kier molecular flexibility index (Phi) is 3.90. The van der Waals surface area contributed by atoms with Crippen LogP contribution in [-0.2, 0) is 4.74 Å². The lowest BCUT2D eigenvalue weighted by Gasteiger charge is -2.35. The van der Waals surface area contributed by atoms with E-state index in [1.807, 2.05) is 14.0 Å². The molecule has 1 aliphatic rings. The van der Waals surface area contributed by atoms with Crippen molar-refractivity contribution in [3.05, 3.63) is 12.2 Å². The van der Waals surface area contributed by atoms with Gasteiger partial charge in [0.25, 0.3) is 0 Å². The summed E-state index contributed by atoms with van der Waals surface area (Å²) in [6.45, 7) is 8.85. The molecule has 0 amide bonds. The molecule has 1 N–H and O–H groups in total. The Balaban J connectivity index is 2.52. The summed E-state index contributed by atoms with van der Waals surface area (Å²) in [7, 11) is 4.08. The van der Waals surface area contributed by atoms with E-state index in [0.29, 0.717) is 0 Å². The van der Waals surface area contributed by atoms with Gasteiger partial charge in [-0.3, -0.25) is 0 Å². The molecule has 3 nitrogen and oxygen atoms in total. The van der Waals surface area contributed by atoms with Gasteiger partial charge in [0.1, 0.15) is 0 Å². The first-order valence-corrected chi connectivity index (χ1v) is 4.78. The summed E-state index contributed by atoms with van der Waals surface area (Å²) in [5.74, 6) is 0. The predicted molar refractivity (Wildman–Crippen MR) is 54.9 cm³/mol. The Morgan fingerprint density at radius 1 is 1.69 bits per heavy atom. The summed E-state index contributed by atoms with van der Waals surface area (Å²) in [6.07, 6.45) is 0.251. The van der Waals surface area contributed by atoms with Crippen LogP contribution in [0.1, 0.15) is 6.92 Å². The monoisotopic (exact) mass is 184 g/mol. The van der Waals surface area contributed by atoms with E-state index in [1.165, 1.54) is 0 Å². The summed E-state index contributed by atoms with van der Waals surface area (Å²) < 4.78 is 5.70. The predicted octanol–water partition coefficient (Wildman–Crippen LogP) is 0.481. The summed E-state index contributed by atoms with van der Waals surface area (Å²) in [5, 5.41) is 3.24. The fraction of sp³-hybridized carbons (Fsp3) is 0.800. The number of ether oxygens (including phenoxy) is 1. The molecule has 13 heavy (non-hydrogen) atoms. The zero-order chi connectivity index (χ0) is 9.84. The third-order valence-corrected chi connectivity index (χ3v) is 2.51. The molecule has 1 rings (SSSR count). The molecule has 0 aliphatic carbocycles. The molecule has 0 saturated carbocycles. The first-order chi connectivity index (χ1) is 6.15. The highest BCUT2D eigenvalue weighted by molar-refractivity contribution is 5.06. The molecule has 0 aromatic heterocycles. The Morgan fingerprint density at radius 2 is 2.38 bits per heavy atom. The third-order valence-electron chi connectivity index (χ3n) is 2.51. The fourth-order valence-corrected chi connectivity index (χ4v) is 1.76. The zero-order valence-electron chi connectivity index (χ0n) is 8.84. The molecule has 2 unspecified atom stereocenters. The summed E-state index contributed by atoms with van der Waals surface area (Å²) in [5.41, 5.74) is 1.14. The first-order valence-electron chi connectivity index (χ1n) is 4.78. The number of hydrogen-bond acceptors (Lipinski definition) is 3. The van der Waals surface area contributed by atoms with Gasteiger partial charge in [0, 0.05) is 13.1 Å². The van der Waals surface area contributed by atoms with Crippen LogP contribution >= 0.6 is 0 Å². The maximum atomic E-state index is 5.70. The minimum Gasteiger partial charge on any atom is -0.374 e. The zero-order valence-corrected chi connectivity index (χ0v) is 8.84. The van der Waals surface area contributed by atoms with Crippen molar-refractivity contribution in [2.75, 3.05) is 33.8 Å². The number of nitrogens with zero attached hydrogens (tertiary/aromatic N) is 1. The molecule has 0 aromatic rings. The van der Waals surface area contributed by atoms with Crippen LogP contribution < -0.4 is 5.32 Å². The summed E-state index contributed by atoms with van der Waals surface area (Å²) in [4.78, 5) is 2.29. The van der Waals surface area contributed by atoms with Gasteiger partial charge in [0.05, 0.1) is 18.8 Å². The molecule has 76 valence electrons. The maximum Gasteiger partial charge on any atom is 0.0893 e. The Hall–Kier alpha value is -0.380. The number of likely N-dealkylation sites (N-methyl/N-ethyl adjacent to an activating group) is 2. The Morgan fingerprint density at radius 3 is 2.85 bits per heavy atom. The van der Waals surface area contributed by atoms with Gasteiger partial charge in [-0.15, -0.1) is 0 Å². The van der Waals surface area contributed by atoms with Crippen LogP contribution in [0.3, 0.4) is 0 Å². The van der Waals surface area contributed by atoms with E-state index in [-0.39, 0.29) is 12.1 Å². The van der Waals surface area contributed by atoms with Crippen LogP contribution in [0.15, 0.2) is 12.2 Å². The van der Waals surface area contributed by atoms with Crippen molar-refractivity contribution in [2.24, 2.45) is 0 Å². The lowest BCUT2D eigenvalue weighted by atomic mass is 10.0. The second kappa shape index (κ2) is 4.74. The molecule has 2 atom stereocenters. The van der Waals surface area contributed by atoms with Gasteiger partial charge in [0.15, 0.2) is 0 Å². The molecule has 0 bridgehead atoms. The lowest BCUT2D eigenvalue weighted by molar-refractivity contribution is -0.0310. The molecule has 1 aliphatic heterocycles. The summed E-state index contributed by atoms with van der Waals surface area (Å²) >= 11 is 0.